The van der Waals surface area contributed by atoms with Crippen LogP contribution in [0.5, 0.6) is 11.5 Å². The molecular formula is C15H13BrClFO3. The van der Waals surface area contributed by atoms with E-state index in [1.807, 2.05) is 0 Å². The second-order valence-corrected chi connectivity index (χ2v) is 5.47. The number of rotatable bonds is 4. The van der Waals surface area contributed by atoms with Crippen LogP contribution in [0.3, 0.4) is 0 Å². The highest BCUT2D eigenvalue weighted by molar-refractivity contribution is 9.10. The monoisotopic (exact) mass is 374 g/mol. The van der Waals surface area contributed by atoms with E-state index in [0.29, 0.717) is 15.8 Å². The molecule has 3 nitrogen and oxygen atoms in total. The van der Waals surface area contributed by atoms with Crippen molar-refractivity contribution in [2.24, 2.45) is 0 Å². The van der Waals surface area contributed by atoms with Crippen molar-refractivity contribution in [2.45, 2.75) is 6.10 Å². The van der Waals surface area contributed by atoms with Crippen molar-refractivity contribution in [1.82, 2.24) is 0 Å². The first kappa shape index (κ1) is 16.1. The molecule has 0 bridgehead atoms. The zero-order chi connectivity index (χ0) is 15.6. The van der Waals surface area contributed by atoms with Gasteiger partial charge in [-0.2, -0.15) is 0 Å². The van der Waals surface area contributed by atoms with Crippen LogP contribution < -0.4 is 9.47 Å². The molecule has 112 valence electrons. The van der Waals surface area contributed by atoms with Crippen LogP contribution in [-0.2, 0) is 0 Å². The molecule has 1 N–H and O–H groups in total. The number of hydrogen-bond donors (Lipinski definition) is 1. The van der Waals surface area contributed by atoms with Crippen LogP contribution in [0.4, 0.5) is 4.39 Å². The molecule has 0 amide bonds. The summed E-state index contributed by atoms with van der Waals surface area (Å²) in [6.07, 6.45) is -1.22. The Balaban J connectivity index is 2.59. The number of ether oxygens (including phenoxy) is 2. The minimum absolute atomic E-state index is 0.122. The van der Waals surface area contributed by atoms with Crippen molar-refractivity contribution < 1.29 is 19.0 Å². The maximum Gasteiger partial charge on any atom is 0.147 e. The second kappa shape index (κ2) is 6.64. The summed E-state index contributed by atoms with van der Waals surface area (Å²) in [5, 5.41) is 10.7. The topological polar surface area (TPSA) is 38.7 Å². The quantitative estimate of drug-likeness (QED) is 0.864. The SMILES string of the molecule is COc1ccc(C(O)c2c(F)cccc2Br)c(OC)c1Cl. The summed E-state index contributed by atoms with van der Waals surface area (Å²) in [4.78, 5) is 0. The number of aliphatic hydroxyl groups is 1. The first-order chi connectivity index (χ1) is 10.0. The van der Waals surface area contributed by atoms with Crippen LogP contribution in [0.25, 0.3) is 0 Å². The van der Waals surface area contributed by atoms with Crippen LogP contribution in [0.2, 0.25) is 5.02 Å². The van der Waals surface area contributed by atoms with Crippen molar-refractivity contribution >= 4 is 27.5 Å². The van der Waals surface area contributed by atoms with Gasteiger partial charge in [0.1, 0.15) is 28.4 Å². The molecule has 0 saturated carbocycles. The molecule has 0 aromatic heterocycles. The van der Waals surface area contributed by atoms with E-state index in [1.54, 1.807) is 24.3 Å². The van der Waals surface area contributed by atoms with Gasteiger partial charge in [-0.3, -0.25) is 0 Å². The molecule has 1 atom stereocenters. The fraction of sp³-hybridized carbons (Fsp3) is 0.200. The zero-order valence-electron chi connectivity index (χ0n) is 11.4. The summed E-state index contributed by atoms with van der Waals surface area (Å²) in [5.74, 6) is 0.140. The van der Waals surface area contributed by atoms with E-state index in [-0.39, 0.29) is 16.3 Å². The van der Waals surface area contributed by atoms with Crippen molar-refractivity contribution in [2.75, 3.05) is 14.2 Å². The molecule has 0 radical (unpaired) electrons. The van der Waals surface area contributed by atoms with Gasteiger partial charge in [-0.1, -0.05) is 33.6 Å². The van der Waals surface area contributed by atoms with Crippen LogP contribution in [0.1, 0.15) is 17.2 Å². The summed E-state index contributed by atoms with van der Waals surface area (Å²) < 4.78 is 24.8. The van der Waals surface area contributed by atoms with E-state index in [2.05, 4.69) is 15.9 Å². The first-order valence-corrected chi connectivity index (χ1v) is 7.20. The molecule has 2 aromatic carbocycles. The number of hydrogen-bond acceptors (Lipinski definition) is 3. The Morgan fingerprint density at radius 1 is 1.19 bits per heavy atom. The number of aliphatic hydroxyl groups excluding tert-OH is 1. The van der Waals surface area contributed by atoms with E-state index in [4.69, 9.17) is 21.1 Å². The minimum atomic E-state index is -1.22. The number of halogens is 3. The summed E-state index contributed by atoms with van der Waals surface area (Å²) in [6.45, 7) is 0. The summed E-state index contributed by atoms with van der Waals surface area (Å²) in [6, 6.07) is 7.67. The Morgan fingerprint density at radius 3 is 2.48 bits per heavy atom. The Bertz CT molecular complexity index is 643. The van der Waals surface area contributed by atoms with Gasteiger partial charge in [0.25, 0.3) is 0 Å². The van der Waals surface area contributed by atoms with Gasteiger partial charge in [0.2, 0.25) is 0 Å². The van der Waals surface area contributed by atoms with E-state index in [9.17, 15) is 9.50 Å². The molecule has 1 unspecified atom stereocenters. The van der Waals surface area contributed by atoms with Crippen molar-refractivity contribution in [3.63, 3.8) is 0 Å². The van der Waals surface area contributed by atoms with E-state index < -0.39 is 11.9 Å². The van der Waals surface area contributed by atoms with Gasteiger partial charge >= 0.3 is 0 Å². The molecule has 2 aromatic rings. The van der Waals surface area contributed by atoms with Gasteiger partial charge in [-0.25, -0.2) is 4.39 Å². The van der Waals surface area contributed by atoms with Gasteiger partial charge in [0, 0.05) is 15.6 Å². The molecule has 2 rings (SSSR count). The molecule has 21 heavy (non-hydrogen) atoms. The molecule has 0 fully saturated rings. The molecule has 6 heteroatoms. The molecule has 0 saturated heterocycles. The van der Waals surface area contributed by atoms with Crippen molar-refractivity contribution in [3.05, 3.63) is 56.8 Å². The van der Waals surface area contributed by atoms with E-state index in [0.717, 1.165) is 0 Å². The maximum absolute atomic E-state index is 14.0. The predicted octanol–water partition coefficient (Wildman–Crippen LogP) is 4.34. The first-order valence-electron chi connectivity index (χ1n) is 6.03. The van der Waals surface area contributed by atoms with Gasteiger partial charge in [-0.15, -0.1) is 0 Å². The zero-order valence-corrected chi connectivity index (χ0v) is 13.7. The summed E-state index contributed by atoms with van der Waals surface area (Å²) in [5.41, 5.74) is 0.478. The van der Waals surface area contributed by atoms with Crippen LogP contribution in [-0.4, -0.2) is 19.3 Å². The highest BCUT2D eigenvalue weighted by Crippen LogP contribution is 2.42. The Morgan fingerprint density at radius 2 is 1.90 bits per heavy atom. The number of methoxy groups -OCH3 is 2. The fourth-order valence-corrected chi connectivity index (χ4v) is 2.95. The third kappa shape index (κ3) is 3.00. The Kier molecular flexibility index (Phi) is 5.08. The van der Waals surface area contributed by atoms with Crippen LogP contribution in [0, 0.1) is 5.82 Å². The molecule has 0 aliphatic heterocycles. The van der Waals surface area contributed by atoms with Gasteiger partial charge in [-0.05, 0) is 24.3 Å². The largest absolute Gasteiger partial charge is 0.495 e. The smallest absolute Gasteiger partial charge is 0.147 e. The molecule has 0 aliphatic rings. The molecular weight excluding hydrogens is 363 g/mol. The summed E-state index contributed by atoms with van der Waals surface area (Å²) >= 11 is 9.40. The summed E-state index contributed by atoms with van der Waals surface area (Å²) in [7, 11) is 2.90. The van der Waals surface area contributed by atoms with Gasteiger partial charge in [0.05, 0.1) is 14.2 Å². The number of benzene rings is 2. The average molecular weight is 376 g/mol. The van der Waals surface area contributed by atoms with Gasteiger partial charge < -0.3 is 14.6 Å². The lowest BCUT2D eigenvalue weighted by molar-refractivity contribution is 0.208. The standard InChI is InChI=1S/C15H13BrClFO3/c1-20-11-7-6-8(15(21-2)13(11)17)14(19)12-9(16)4-3-5-10(12)18/h3-7,14,19H,1-2H3. The lowest BCUT2D eigenvalue weighted by Gasteiger charge is -2.19. The minimum Gasteiger partial charge on any atom is -0.495 e. The highest BCUT2D eigenvalue weighted by atomic mass is 79.9. The van der Waals surface area contributed by atoms with Crippen LogP contribution in [0.15, 0.2) is 34.8 Å². The van der Waals surface area contributed by atoms with Crippen molar-refractivity contribution in [3.8, 4) is 11.5 Å². The van der Waals surface area contributed by atoms with Crippen molar-refractivity contribution in [1.29, 1.82) is 0 Å². The average Bonchev–Trinajstić information content (AvgIpc) is 2.46. The predicted molar refractivity (Wildman–Crippen MR) is 82.7 cm³/mol. The lowest BCUT2D eigenvalue weighted by Crippen LogP contribution is -2.06. The lowest BCUT2D eigenvalue weighted by atomic mass is 10.00. The Labute approximate surface area is 135 Å². The van der Waals surface area contributed by atoms with E-state index in [1.165, 1.54) is 20.3 Å². The Hall–Kier alpha value is -1.30. The third-order valence-electron chi connectivity index (χ3n) is 3.08. The fourth-order valence-electron chi connectivity index (χ4n) is 2.06. The second-order valence-electron chi connectivity index (χ2n) is 4.24. The molecule has 0 aliphatic carbocycles. The molecule has 0 heterocycles. The van der Waals surface area contributed by atoms with E-state index >= 15 is 0 Å². The van der Waals surface area contributed by atoms with Crippen LogP contribution >= 0.6 is 27.5 Å². The highest BCUT2D eigenvalue weighted by Gasteiger charge is 2.24. The van der Waals surface area contributed by atoms with Gasteiger partial charge in [0.15, 0.2) is 0 Å². The third-order valence-corrected chi connectivity index (χ3v) is 4.13. The normalized spacial score (nSPS) is 12.1. The molecule has 0 spiro atoms. The maximum atomic E-state index is 14.0.